The molecule has 0 aromatic heterocycles. The predicted molar refractivity (Wildman–Crippen MR) is 70.5 cm³/mol. The quantitative estimate of drug-likeness (QED) is 0.733. The van der Waals surface area contributed by atoms with Crippen molar-refractivity contribution in [3.05, 3.63) is 34.9 Å². The predicted octanol–water partition coefficient (Wildman–Crippen LogP) is 1.87. The number of nitrogens with one attached hydrogen (secondary N) is 1. The molecule has 0 spiro atoms. The second-order valence-corrected chi connectivity index (χ2v) is 4.91. The Balaban J connectivity index is 2.40. The van der Waals surface area contributed by atoms with Crippen LogP contribution >= 0.6 is 11.6 Å². The van der Waals surface area contributed by atoms with Crippen LogP contribution < -0.4 is 5.32 Å². The van der Waals surface area contributed by atoms with Crippen LogP contribution in [0.2, 0.25) is 5.02 Å². The molecule has 4 heteroatoms. The van der Waals surface area contributed by atoms with Crippen LogP contribution in [-0.2, 0) is 11.2 Å². The highest BCUT2D eigenvalue weighted by atomic mass is 35.5. The standard InChI is InChI=1S/C13H20ClNO2/c1-13(16,10-15-7-8-17-2)9-11-3-5-12(14)6-4-11/h3-6,15-16H,7-10H2,1-2H3. The molecule has 0 saturated heterocycles. The third-order valence-corrected chi connectivity index (χ3v) is 2.74. The third kappa shape index (κ3) is 6.03. The van der Waals surface area contributed by atoms with Crippen molar-refractivity contribution in [2.45, 2.75) is 18.9 Å². The van der Waals surface area contributed by atoms with Gasteiger partial charge in [0.2, 0.25) is 0 Å². The van der Waals surface area contributed by atoms with Crippen LogP contribution in [0, 0.1) is 0 Å². The average molecular weight is 258 g/mol. The Bertz CT molecular complexity index is 325. The summed E-state index contributed by atoms with van der Waals surface area (Å²) in [5.41, 5.74) is 0.314. The second kappa shape index (κ2) is 6.97. The van der Waals surface area contributed by atoms with E-state index in [2.05, 4.69) is 5.32 Å². The maximum atomic E-state index is 10.2. The Morgan fingerprint density at radius 3 is 2.59 bits per heavy atom. The first-order valence-electron chi connectivity index (χ1n) is 5.70. The van der Waals surface area contributed by atoms with E-state index in [4.69, 9.17) is 16.3 Å². The highest BCUT2D eigenvalue weighted by Gasteiger charge is 2.20. The van der Waals surface area contributed by atoms with E-state index >= 15 is 0 Å². The van der Waals surface area contributed by atoms with Gasteiger partial charge in [-0.1, -0.05) is 23.7 Å². The Hall–Kier alpha value is -0.610. The summed E-state index contributed by atoms with van der Waals surface area (Å²) in [6.45, 7) is 3.75. The fourth-order valence-electron chi connectivity index (χ4n) is 1.64. The van der Waals surface area contributed by atoms with Gasteiger partial charge in [0, 0.05) is 31.6 Å². The van der Waals surface area contributed by atoms with Crippen LogP contribution in [0.4, 0.5) is 0 Å². The van der Waals surface area contributed by atoms with Crippen LogP contribution in [0.15, 0.2) is 24.3 Å². The van der Waals surface area contributed by atoms with Crippen LogP contribution in [0.1, 0.15) is 12.5 Å². The van der Waals surface area contributed by atoms with Crippen molar-refractivity contribution in [3.63, 3.8) is 0 Å². The number of hydrogen-bond donors (Lipinski definition) is 2. The molecule has 0 saturated carbocycles. The van der Waals surface area contributed by atoms with Crippen molar-refractivity contribution >= 4 is 11.6 Å². The average Bonchev–Trinajstić information content (AvgIpc) is 2.27. The van der Waals surface area contributed by atoms with E-state index in [1.54, 1.807) is 7.11 Å². The molecule has 0 heterocycles. The molecular formula is C13H20ClNO2. The molecule has 0 bridgehead atoms. The topological polar surface area (TPSA) is 41.5 Å². The third-order valence-electron chi connectivity index (χ3n) is 2.49. The monoisotopic (exact) mass is 257 g/mol. The molecule has 0 fully saturated rings. The van der Waals surface area contributed by atoms with Crippen LogP contribution in [0.25, 0.3) is 0 Å². The van der Waals surface area contributed by atoms with Gasteiger partial charge in [0.15, 0.2) is 0 Å². The van der Waals surface area contributed by atoms with E-state index < -0.39 is 5.60 Å². The van der Waals surface area contributed by atoms with Crippen molar-refractivity contribution in [3.8, 4) is 0 Å². The van der Waals surface area contributed by atoms with Gasteiger partial charge in [-0.2, -0.15) is 0 Å². The van der Waals surface area contributed by atoms with Crippen molar-refractivity contribution in [1.29, 1.82) is 0 Å². The van der Waals surface area contributed by atoms with Gasteiger partial charge in [-0.25, -0.2) is 0 Å². The SMILES string of the molecule is COCCNCC(C)(O)Cc1ccc(Cl)cc1. The summed E-state index contributed by atoms with van der Waals surface area (Å²) in [5.74, 6) is 0. The highest BCUT2D eigenvalue weighted by Crippen LogP contribution is 2.15. The lowest BCUT2D eigenvalue weighted by Crippen LogP contribution is -2.40. The molecule has 1 aromatic rings. The number of hydrogen-bond acceptors (Lipinski definition) is 3. The first kappa shape index (κ1) is 14.5. The minimum Gasteiger partial charge on any atom is -0.389 e. The van der Waals surface area contributed by atoms with Gasteiger partial charge in [-0.15, -0.1) is 0 Å². The Kier molecular flexibility index (Phi) is 5.92. The second-order valence-electron chi connectivity index (χ2n) is 4.47. The summed E-state index contributed by atoms with van der Waals surface area (Å²) < 4.78 is 4.93. The number of benzene rings is 1. The molecular weight excluding hydrogens is 238 g/mol. The number of ether oxygens (including phenoxy) is 1. The summed E-state index contributed by atoms with van der Waals surface area (Å²) in [5, 5.41) is 14.1. The first-order chi connectivity index (χ1) is 8.03. The molecule has 1 aromatic carbocycles. The van der Waals surface area contributed by atoms with Gasteiger partial charge >= 0.3 is 0 Å². The maximum Gasteiger partial charge on any atom is 0.0783 e. The van der Waals surface area contributed by atoms with E-state index in [0.717, 1.165) is 12.1 Å². The summed E-state index contributed by atoms with van der Waals surface area (Å²) in [7, 11) is 1.66. The lowest BCUT2D eigenvalue weighted by Gasteiger charge is -2.24. The van der Waals surface area contributed by atoms with Gasteiger partial charge in [0.05, 0.1) is 12.2 Å². The Labute approximate surface area is 108 Å². The van der Waals surface area contributed by atoms with Gasteiger partial charge in [-0.05, 0) is 24.6 Å². The molecule has 1 atom stereocenters. The highest BCUT2D eigenvalue weighted by molar-refractivity contribution is 6.30. The Morgan fingerprint density at radius 2 is 2.00 bits per heavy atom. The van der Waals surface area contributed by atoms with E-state index in [1.165, 1.54) is 0 Å². The lowest BCUT2D eigenvalue weighted by molar-refractivity contribution is 0.0581. The number of halogens is 1. The number of aliphatic hydroxyl groups is 1. The zero-order valence-corrected chi connectivity index (χ0v) is 11.1. The fourth-order valence-corrected chi connectivity index (χ4v) is 1.76. The van der Waals surface area contributed by atoms with Gasteiger partial charge in [-0.3, -0.25) is 0 Å². The van der Waals surface area contributed by atoms with Crippen molar-refractivity contribution in [2.24, 2.45) is 0 Å². The van der Waals surface area contributed by atoms with Gasteiger partial charge in [0.1, 0.15) is 0 Å². The molecule has 0 radical (unpaired) electrons. The molecule has 96 valence electrons. The van der Waals surface area contributed by atoms with Crippen LogP contribution in [0.5, 0.6) is 0 Å². The van der Waals surface area contributed by atoms with Crippen molar-refractivity contribution in [2.75, 3.05) is 26.8 Å². The molecule has 0 amide bonds. The number of methoxy groups -OCH3 is 1. The summed E-state index contributed by atoms with van der Waals surface area (Å²) in [6.07, 6.45) is 0.601. The molecule has 0 aliphatic heterocycles. The smallest absolute Gasteiger partial charge is 0.0783 e. The largest absolute Gasteiger partial charge is 0.389 e. The van der Waals surface area contributed by atoms with Crippen LogP contribution in [0.3, 0.4) is 0 Å². The summed E-state index contributed by atoms with van der Waals surface area (Å²) in [6, 6.07) is 7.55. The normalized spacial score (nSPS) is 14.6. The van der Waals surface area contributed by atoms with Crippen LogP contribution in [-0.4, -0.2) is 37.5 Å². The van der Waals surface area contributed by atoms with Crippen molar-refractivity contribution in [1.82, 2.24) is 5.32 Å². The first-order valence-corrected chi connectivity index (χ1v) is 6.08. The number of rotatable bonds is 7. The minimum atomic E-state index is -0.762. The Morgan fingerprint density at radius 1 is 1.35 bits per heavy atom. The van der Waals surface area contributed by atoms with E-state index in [0.29, 0.717) is 24.6 Å². The summed E-state index contributed by atoms with van der Waals surface area (Å²) in [4.78, 5) is 0. The zero-order valence-electron chi connectivity index (χ0n) is 10.4. The van der Waals surface area contributed by atoms with E-state index in [9.17, 15) is 5.11 Å². The summed E-state index contributed by atoms with van der Waals surface area (Å²) >= 11 is 5.81. The van der Waals surface area contributed by atoms with Gasteiger partial charge in [0.25, 0.3) is 0 Å². The van der Waals surface area contributed by atoms with Gasteiger partial charge < -0.3 is 15.2 Å². The maximum absolute atomic E-state index is 10.2. The molecule has 3 nitrogen and oxygen atoms in total. The fraction of sp³-hybridized carbons (Fsp3) is 0.538. The molecule has 1 unspecified atom stereocenters. The minimum absolute atomic E-state index is 0.541. The zero-order chi connectivity index (χ0) is 12.7. The van der Waals surface area contributed by atoms with E-state index in [1.807, 2.05) is 31.2 Å². The molecule has 17 heavy (non-hydrogen) atoms. The lowest BCUT2D eigenvalue weighted by atomic mass is 9.96. The molecule has 0 aliphatic rings. The molecule has 0 aliphatic carbocycles. The van der Waals surface area contributed by atoms with E-state index in [-0.39, 0.29) is 0 Å². The molecule has 1 rings (SSSR count). The van der Waals surface area contributed by atoms with Crippen molar-refractivity contribution < 1.29 is 9.84 Å². The molecule has 2 N–H and O–H groups in total.